The van der Waals surface area contributed by atoms with Crippen LogP contribution in [0.3, 0.4) is 0 Å². The number of carbonyl (C=O) groups excluding carboxylic acids is 3. The molecule has 1 heterocycles. The number of fused-ring (bicyclic) bond motifs is 1. The summed E-state index contributed by atoms with van der Waals surface area (Å²) in [5.41, 5.74) is 0.925. The molecule has 0 saturated carbocycles. The van der Waals surface area contributed by atoms with Gasteiger partial charge in [0, 0.05) is 6.54 Å². The zero-order valence-corrected chi connectivity index (χ0v) is 16.7. The van der Waals surface area contributed by atoms with E-state index in [2.05, 4.69) is 5.32 Å². The first-order chi connectivity index (χ1) is 13.4. The number of hydrogen-bond acceptors (Lipinski definition) is 4. The minimum Gasteiger partial charge on any atom is -0.497 e. The molecule has 6 nitrogen and oxygen atoms in total. The highest BCUT2D eigenvalue weighted by atomic mass is 16.5. The molecule has 1 fully saturated rings. The van der Waals surface area contributed by atoms with Crippen molar-refractivity contribution in [2.24, 2.45) is 17.8 Å². The lowest BCUT2D eigenvalue weighted by atomic mass is 9.85. The molecule has 3 amide bonds. The Hall–Kier alpha value is -2.63. The molecule has 1 aromatic carbocycles. The minimum absolute atomic E-state index is 0.179. The quantitative estimate of drug-likeness (QED) is 0.579. The number of nitrogens with one attached hydrogen (secondary N) is 1. The van der Waals surface area contributed by atoms with Crippen LogP contribution in [0, 0.1) is 17.8 Å². The number of benzene rings is 1. The summed E-state index contributed by atoms with van der Waals surface area (Å²) in [6.45, 7) is 4.31. The van der Waals surface area contributed by atoms with Gasteiger partial charge in [0.2, 0.25) is 17.7 Å². The molecule has 3 unspecified atom stereocenters. The third-order valence-electron chi connectivity index (χ3n) is 5.48. The summed E-state index contributed by atoms with van der Waals surface area (Å²) in [5.74, 6) is -0.398. The van der Waals surface area contributed by atoms with E-state index in [1.54, 1.807) is 7.11 Å². The molecule has 1 N–H and O–H groups in total. The van der Waals surface area contributed by atoms with Crippen LogP contribution < -0.4 is 10.1 Å². The van der Waals surface area contributed by atoms with Crippen molar-refractivity contribution in [1.29, 1.82) is 0 Å². The molecule has 3 rings (SSSR count). The van der Waals surface area contributed by atoms with Crippen LogP contribution in [0.1, 0.15) is 38.7 Å². The van der Waals surface area contributed by atoms with Gasteiger partial charge < -0.3 is 10.1 Å². The highest BCUT2D eigenvalue weighted by molar-refractivity contribution is 6.08. The Morgan fingerprint density at radius 3 is 2.18 bits per heavy atom. The van der Waals surface area contributed by atoms with Crippen molar-refractivity contribution < 1.29 is 19.1 Å². The fourth-order valence-corrected chi connectivity index (χ4v) is 3.96. The lowest BCUT2D eigenvalue weighted by Gasteiger charge is -2.27. The maximum absolute atomic E-state index is 13.0. The molecule has 150 valence electrons. The Balaban J connectivity index is 1.73. The van der Waals surface area contributed by atoms with Gasteiger partial charge in [0.25, 0.3) is 0 Å². The van der Waals surface area contributed by atoms with E-state index in [9.17, 15) is 14.4 Å². The first-order valence-electron chi connectivity index (χ1n) is 9.85. The molecule has 0 aromatic heterocycles. The van der Waals surface area contributed by atoms with Gasteiger partial charge in [-0.15, -0.1) is 0 Å². The van der Waals surface area contributed by atoms with Crippen LogP contribution in [0.25, 0.3) is 0 Å². The second-order valence-electron chi connectivity index (χ2n) is 7.91. The Morgan fingerprint density at radius 2 is 1.68 bits per heavy atom. The summed E-state index contributed by atoms with van der Waals surface area (Å²) < 4.78 is 5.14. The first kappa shape index (κ1) is 20.1. The summed E-state index contributed by atoms with van der Waals surface area (Å²) in [4.78, 5) is 40.0. The Bertz CT molecular complexity index is 743. The standard InChI is InChI=1S/C22H28N2O4/c1-14(2)12-19(20(25)23-13-15-8-10-16(28-3)11-9-15)24-21(26)17-6-4-5-7-18(17)22(24)27/h4-5,8-11,14,17-19H,6-7,12-13H2,1-3H3,(H,23,25). The zero-order valence-electron chi connectivity index (χ0n) is 16.7. The summed E-state index contributed by atoms with van der Waals surface area (Å²) in [5, 5.41) is 2.90. The predicted molar refractivity (Wildman–Crippen MR) is 105 cm³/mol. The average Bonchev–Trinajstić information content (AvgIpc) is 2.95. The Labute approximate surface area is 165 Å². The fourth-order valence-electron chi connectivity index (χ4n) is 3.96. The third-order valence-corrected chi connectivity index (χ3v) is 5.48. The molecule has 1 aliphatic carbocycles. The molecular formula is C22H28N2O4. The van der Waals surface area contributed by atoms with E-state index in [1.807, 2.05) is 50.3 Å². The molecule has 1 saturated heterocycles. The molecule has 0 bridgehead atoms. The first-order valence-corrected chi connectivity index (χ1v) is 9.85. The summed E-state index contributed by atoms with van der Waals surface area (Å²) >= 11 is 0. The van der Waals surface area contributed by atoms with E-state index in [1.165, 1.54) is 4.90 Å². The SMILES string of the molecule is COc1ccc(CNC(=O)C(CC(C)C)N2C(=O)C3CC=CCC3C2=O)cc1. The molecular weight excluding hydrogens is 356 g/mol. The van der Waals surface area contributed by atoms with Gasteiger partial charge in [-0.25, -0.2) is 0 Å². The van der Waals surface area contributed by atoms with Crippen LogP contribution in [0.2, 0.25) is 0 Å². The number of carbonyl (C=O) groups is 3. The number of nitrogens with zero attached hydrogens (tertiary/aromatic N) is 1. The summed E-state index contributed by atoms with van der Waals surface area (Å²) in [6.07, 6.45) is 5.52. The third kappa shape index (κ3) is 4.11. The van der Waals surface area contributed by atoms with E-state index in [-0.39, 0.29) is 35.5 Å². The molecule has 28 heavy (non-hydrogen) atoms. The van der Waals surface area contributed by atoms with Crippen LogP contribution in [-0.4, -0.2) is 35.8 Å². The van der Waals surface area contributed by atoms with Gasteiger partial charge in [-0.1, -0.05) is 38.1 Å². The van der Waals surface area contributed by atoms with Crippen molar-refractivity contribution in [1.82, 2.24) is 10.2 Å². The number of allylic oxidation sites excluding steroid dienone is 2. The van der Waals surface area contributed by atoms with Gasteiger partial charge in [-0.2, -0.15) is 0 Å². The molecule has 0 spiro atoms. The molecule has 1 aromatic rings. The van der Waals surface area contributed by atoms with Crippen LogP contribution in [0.4, 0.5) is 0 Å². The van der Waals surface area contributed by atoms with Crippen LogP contribution in [-0.2, 0) is 20.9 Å². The van der Waals surface area contributed by atoms with Crippen molar-refractivity contribution in [2.45, 2.75) is 45.7 Å². The zero-order chi connectivity index (χ0) is 20.3. The molecule has 0 radical (unpaired) electrons. The smallest absolute Gasteiger partial charge is 0.243 e. The number of likely N-dealkylation sites (tertiary alicyclic amines) is 1. The Kier molecular flexibility index (Phi) is 6.17. The van der Waals surface area contributed by atoms with Gasteiger partial charge in [-0.3, -0.25) is 19.3 Å². The van der Waals surface area contributed by atoms with Crippen molar-refractivity contribution in [3.8, 4) is 5.75 Å². The maximum Gasteiger partial charge on any atom is 0.243 e. The van der Waals surface area contributed by atoms with Gasteiger partial charge >= 0.3 is 0 Å². The molecule has 3 atom stereocenters. The monoisotopic (exact) mass is 384 g/mol. The number of imide groups is 1. The number of methoxy groups -OCH3 is 1. The van der Waals surface area contributed by atoms with Crippen LogP contribution in [0.15, 0.2) is 36.4 Å². The molecule has 1 aliphatic heterocycles. The van der Waals surface area contributed by atoms with E-state index < -0.39 is 6.04 Å². The molecule has 2 aliphatic rings. The van der Waals surface area contributed by atoms with Crippen molar-refractivity contribution >= 4 is 17.7 Å². The van der Waals surface area contributed by atoms with Crippen LogP contribution in [0.5, 0.6) is 5.75 Å². The van der Waals surface area contributed by atoms with Crippen LogP contribution >= 0.6 is 0 Å². The van der Waals surface area contributed by atoms with Crippen molar-refractivity contribution in [3.05, 3.63) is 42.0 Å². The minimum atomic E-state index is -0.760. The van der Waals surface area contributed by atoms with Crippen molar-refractivity contribution in [3.63, 3.8) is 0 Å². The highest BCUT2D eigenvalue weighted by Crippen LogP contribution is 2.37. The second-order valence-corrected chi connectivity index (χ2v) is 7.91. The van der Waals surface area contributed by atoms with E-state index in [0.29, 0.717) is 25.8 Å². The van der Waals surface area contributed by atoms with Gasteiger partial charge in [0.05, 0.1) is 18.9 Å². The van der Waals surface area contributed by atoms with Crippen molar-refractivity contribution in [2.75, 3.05) is 7.11 Å². The number of ether oxygens (including phenoxy) is 1. The summed E-state index contributed by atoms with van der Waals surface area (Å²) in [7, 11) is 1.60. The lowest BCUT2D eigenvalue weighted by molar-refractivity contribution is -0.148. The largest absolute Gasteiger partial charge is 0.497 e. The molecule has 6 heteroatoms. The van der Waals surface area contributed by atoms with E-state index >= 15 is 0 Å². The number of rotatable bonds is 7. The predicted octanol–water partition coefficient (Wildman–Crippen LogP) is 2.68. The average molecular weight is 384 g/mol. The number of hydrogen-bond donors (Lipinski definition) is 1. The Morgan fingerprint density at radius 1 is 1.11 bits per heavy atom. The van der Waals surface area contributed by atoms with E-state index in [4.69, 9.17) is 4.74 Å². The van der Waals surface area contributed by atoms with Gasteiger partial charge in [-0.05, 0) is 42.9 Å². The maximum atomic E-state index is 13.0. The fraction of sp³-hybridized carbons (Fsp3) is 0.500. The second kappa shape index (κ2) is 8.59. The highest BCUT2D eigenvalue weighted by Gasteiger charge is 2.51. The van der Waals surface area contributed by atoms with Gasteiger partial charge in [0.15, 0.2) is 0 Å². The topological polar surface area (TPSA) is 75.7 Å². The van der Waals surface area contributed by atoms with E-state index in [0.717, 1.165) is 11.3 Å². The number of amides is 3. The normalized spacial score (nSPS) is 22.4. The summed E-state index contributed by atoms with van der Waals surface area (Å²) in [6, 6.07) is 6.66. The lowest BCUT2D eigenvalue weighted by Crippen LogP contribution is -2.50. The van der Waals surface area contributed by atoms with Gasteiger partial charge in [0.1, 0.15) is 11.8 Å².